The Labute approximate surface area is 141 Å². The van der Waals surface area contributed by atoms with Gasteiger partial charge in [0.25, 0.3) is 5.69 Å². The highest BCUT2D eigenvalue weighted by Gasteiger charge is 2.13. The zero-order chi connectivity index (χ0) is 17.4. The van der Waals surface area contributed by atoms with Crippen LogP contribution in [0.1, 0.15) is 0 Å². The number of aromatic nitrogens is 3. The van der Waals surface area contributed by atoms with E-state index in [1.807, 2.05) is 0 Å². The van der Waals surface area contributed by atoms with Crippen molar-refractivity contribution in [2.24, 2.45) is 0 Å². The van der Waals surface area contributed by atoms with Crippen molar-refractivity contribution in [1.29, 1.82) is 0 Å². The minimum atomic E-state index is -0.438. The first kappa shape index (κ1) is 14.9. The van der Waals surface area contributed by atoms with Crippen LogP contribution in [0.25, 0.3) is 28.0 Å². The third-order valence-corrected chi connectivity index (χ3v) is 3.93. The summed E-state index contributed by atoms with van der Waals surface area (Å²) in [6.07, 6.45) is 3.32. The molecule has 6 nitrogen and oxygen atoms in total. The summed E-state index contributed by atoms with van der Waals surface area (Å²) in [6, 6.07) is 14.2. The van der Waals surface area contributed by atoms with Gasteiger partial charge >= 0.3 is 0 Å². The standard InChI is InChI=1S/C18H11FN4O2/c19-14-5-1-12(2-6-14)16-11-21-22-17(9-10-20-18(16)22)13-3-7-15(8-4-13)23(24)25/h1-11H. The normalized spacial score (nSPS) is 10.9. The van der Waals surface area contributed by atoms with Crippen LogP contribution in [0, 0.1) is 15.9 Å². The molecule has 25 heavy (non-hydrogen) atoms. The van der Waals surface area contributed by atoms with Crippen LogP contribution in [-0.4, -0.2) is 19.5 Å². The summed E-state index contributed by atoms with van der Waals surface area (Å²) in [5.41, 5.74) is 3.79. The molecule has 2 aromatic heterocycles. The summed E-state index contributed by atoms with van der Waals surface area (Å²) in [7, 11) is 0. The van der Waals surface area contributed by atoms with Crippen molar-refractivity contribution in [3.8, 4) is 22.4 Å². The van der Waals surface area contributed by atoms with Crippen molar-refractivity contribution < 1.29 is 9.31 Å². The molecular formula is C18H11FN4O2. The second kappa shape index (κ2) is 5.79. The average molecular weight is 334 g/mol. The van der Waals surface area contributed by atoms with Gasteiger partial charge in [0.2, 0.25) is 0 Å². The van der Waals surface area contributed by atoms with Gasteiger partial charge in [-0.25, -0.2) is 13.9 Å². The first-order chi connectivity index (χ1) is 12.1. The Morgan fingerprint density at radius 1 is 0.960 bits per heavy atom. The van der Waals surface area contributed by atoms with Crippen molar-refractivity contribution in [2.75, 3.05) is 0 Å². The lowest BCUT2D eigenvalue weighted by Crippen LogP contribution is -1.96. The molecule has 4 rings (SSSR count). The Hall–Kier alpha value is -3.61. The van der Waals surface area contributed by atoms with Gasteiger partial charge in [-0.15, -0.1) is 0 Å². The van der Waals surface area contributed by atoms with Crippen LogP contribution in [0.3, 0.4) is 0 Å². The highest BCUT2D eigenvalue weighted by molar-refractivity contribution is 5.78. The Morgan fingerprint density at radius 2 is 1.64 bits per heavy atom. The number of halogens is 1. The molecule has 0 saturated heterocycles. The highest BCUT2D eigenvalue weighted by atomic mass is 19.1. The summed E-state index contributed by atoms with van der Waals surface area (Å²) < 4.78 is 14.8. The van der Waals surface area contributed by atoms with E-state index in [4.69, 9.17) is 0 Å². The summed E-state index contributed by atoms with van der Waals surface area (Å²) in [5.74, 6) is -0.306. The number of hydrogen-bond acceptors (Lipinski definition) is 4. The molecule has 2 aromatic carbocycles. The summed E-state index contributed by atoms with van der Waals surface area (Å²) in [4.78, 5) is 14.7. The number of nitrogens with zero attached hydrogens (tertiary/aromatic N) is 4. The van der Waals surface area contributed by atoms with Gasteiger partial charge in [0, 0.05) is 29.5 Å². The lowest BCUT2D eigenvalue weighted by Gasteiger charge is -2.05. The maximum atomic E-state index is 13.1. The molecule has 0 unspecified atom stereocenters. The number of hydrogen-bond donors (Lipinski definition) is 0. The fraction of sp³-hybridized carbons (Fsp3) is 0. The van der Waals surface area contributed by atoms with Gasteiger partial charge in [0.15, 0.2) is 5.65 Å². The maximum Gasteiger partial charge on any atom is 0.269 e. The monoisotopic (exact) mass is 334 g/mol. The van der Waals surface area contributed by atoms with Crippen LogP contribution in [0.5, 0.6) is 0 Å². The van der Waals surface area contributed by atoms with Gasteiger partial charge < -0.3 is 0 Å². The molecule has 2 heterocycles. The lowest BCUT2D eigenvalue weighted by molar-refractivity contribution is -0.384. The molecule has 0 fully saturated rings. The van der Waals surface area contributed by atoms with Crippen LogP contribution >= 0.6 is 0 Å². The highest BCUT2D eigenvalue weighted by Crippen LogP contribution is 2.28. The first-order valence-electron chi connectivity index (χ1n) is 7.47. The van der Waals surface area contributed by atoms with Crippen LogP contribution in [-0.2, 0) is 0 Å². The zero-order valence-electron chi connectivity index (χ0n) is 12.8. The number of nitro benzene ring substituents is 1. The third kappa shape index (κ3) is 2.61. The van der Waals surface area contributed by atoms with E-state index in [1.165, 1.54) is 24.3 Å². The fourth-order valence-electron chi connectivity index (χ4n) is 2.70. The molecule has 0 amide bonds. The number of non-ortho nitro benzene ring substituents is 1. The van der Waals surface area contributed by atoms with Gasteiger partial charge in [0.05, 0.1) is 16.8 Å². The second-order valence-corrected chi connectivity index (χ2v) is 5.43. The van der Waals surface area contributed by atoms with Crippen molar-refractivity contribution in [3.63, 3.8) is 0 Å². The van der Waals surface area contributed by atoms with Crippen LogP contribution in [0.4, 0.5) is 10.1 Å². The van der Waals surface area contributed by atoms with E-state index in [2.05, 4.69) is 10.1 Å². The molecule has 0 spiro atoms. The van der Waals surface area contributed by atoms with Crippen molar-refractivity contribution >= 4 is 11.3 Å². The fourth-order valence-corrected chi connectivity index (χ4v) is 2.70. The van der Waals surface area contributed by atoms with Crippen LogP contribution in [0.15, 0.2) is 67.0 Å². The summed E-state index contributed by atoms with van der Waals surface area (Å²) in [5, 5.41) is 15.2. The number of benzene rings is 2. The van der Waals surface area contributed by atoms with E-state index >= 15 is 0 Å². The van der Waals surface area contributed by atoms with Gasteiger partial charge in [-0.05, 0) is 35.9 Å². The zero-order valence-corrected chi connectivity index (χ0v) is 12.8. The second-order valence-electron chi connectivity index (χ2n) is 5.43. The van der Waals surface area contributed by atoms with E-state index < -0.39 is 4.92 Å². The van der Waals surface area contributed by atoms with E-state index in [0.29, 0.717) is 5.65 Å². The van der Waals surface area contributed by atoms with E-state index in [9.17, 15) is 14.5 Å². The largest absolute Gasteiger partial charge is 0.269 e. The van der Waals surface area contributed by atoms with Crippen molar-refractivity contribution in [3.05, 3.63) is 82.9 Å². The van der Waals surface area contributed by atoms with E-state index in [0.717, 1.165) is 22.4 Å². The minimum absolute atomic E-state index is 0.0292. The van der Waals surface area contributed by atoms with Gasteiger partial charge in [-0.3, -0.25) is 10.1 Å². The Morgan fingerprint density at radius 3 is 2.32 bits per heavy atom. The molecule has 0 N–H and O–H groups in total. The Balaban J connectivity index is 1.84. The predicted molar refractivity (Wildman–Crippen MR) is 90.5 cm³/mol. The predicted octanol–water partition coefficient (Wildman–Crippen LogP) is 4.11. The molecule has 0 atom stereocenters. The Bertz CT molecular complexity index is 1070. The first-order valence-corrected chi connectivity index (χ1v) is 7.47. The van der Waals surface area contributed by atoms with E-state index in [-0.39, 0.29) is 11.5 Å². The molecule has 0 aliphatic carbocycles. The average Bonchev–Trinajstić information content (AvgIpc) is 3.06. The molecule has 4 aromatic rings. The molecule has 0 saturated carbocycles. The lowest BCUT2D eigenvalue weighted by atomic mass is 10.1. The molecule has 0 bridgehead atoms. The minimum Gasteiger partial charge on any atom is -0.258 e. The molecule has 0 aliphatic rings. The molecular weight excluding hydrogens is 323 g/mol. The van der Waals surface area contributed by atoms with Crippen LogP contribution < -0.4 is 0 Å². The quantitative estimate of drug-likeness (QED) is 0.417. The molecule has 122 valence electrons. The Kier molecular flexibility index (Phi) is 3.46. The van der Waals surface area contributed by atoms with Crippen molar-refractivity contribution in [1.82, 2.24) is 14.6 Å². The number of rotatable bonds is 3. The number of nitro groups is 1. The van der Waals surface area contributed by atoms with Gasteiger partial charge in [0.1, 0.15) is 5.82 Å². The SMILES string of the molecule is O=[N+]([O-])c1ccc(-c2ccnc3c(-c4ccc(F)cc4)cnn23)cc1. The van der Waals surface area contributed by atoms with Gasteiger partial charge in [-0.1, -0.05) is 12.1 Å². The number of fused-ring (bicyclic) bond motifs is 1. The van der Waals surface area contributed by atoms with Gasteiger partial charge in [-0.2, -0.15) is 5.10 Å². The molecule has 0 radical (unpaired) electrons. The summed E-state index contributed by atoms with van der Waals surface area (Å²) in [6.45, 7) is 0. The van der Waals surface area contributed by atoms with E-state index in [1.54, 1.807) is 47.2 Å². The smallest absolute Gasteiger partial charge is 0.258 e. The summed E-state index contributed by atoms with van der Waals surface area (Å²) >= 11 is 0. The van der Waals surface area contributed by atoms with Crippen LogP contribution in [0.2, 0.25) is 0 Å². The van der Waals surface area contributed by atoms with Crippen molar-refractivity contribution in [2.45, 2.75) is 0 Å². The molecule has 0 aliphatic heterocycles. The molecule has 7 heteroatoms. The topological polar surface area (TPSA) is 73.3 Å². The maximum absolute atomic E-state index is 13.1. The third-order valence-electron chi connectivity index (χ3n) is 3.93.